The number of ether oxygens (including phenoxy) is 2. The lowest BCUT2D eigenvalue weighted by molar-refractivity contribution is -0.385. The number of nitrogens with zero attached hydrogens (tertiary/aromatic N) is 2. The highest BCUT2D eigenvalue weighted by molar-refractivity contribution is 6.04. The summed E-state index contributed by atoms with van der Waals surface area (Å²) >= 11 is 0. The summed E-state index contributed by atoms with van der Waals surface area (Å²) in [5, 5.41) is 11.3. The van der Waals surface area contributed by atoms with Crippen molar-refractivity contribution in [3.05, 3.63) is 75.3 Å². The summed E-state index contributed by atoms with van der Waals surface area (Å²) in [6.45, 7) is -0.0315. The molecule has 1 amide bonds. The van der Waals surface area contributed by atoms with E-state index >= 15 is 0 Å². The quantitative estimate of drug-likeness (QED) is 0.283. The number of rotatable bonds is 8. The minimum absolute atomic E-state index is 0.0315. The number of carbonyl (C=O) groups is 2. The van der Waals surface area contributed by atoms with E-state index in [9.17, 15) is 24.5 Å². The van der Waals surface area contributed by atoms with Gasteiger partial charge in [0.1, 0.15) is 18.1 Å². The first kappa shape index (κ1) is 22.5. The number of hydrogen-bond donors (Lipinski definition) is 0. The Morgan fingerprint density at radius 3 is 2.37 bits per heavy atom. The van der Waals surface area contributed by atoms with E-state index in [1.54, 1.807) is 30.2 Å². The molecular weight excluding hydrogens is 392 g/mol. The van der Waals surface area contributed by atoms with E-state index in [-0.39, 0.29) is 23.3 Å². The SMILES string of the molecule is COC(C(=O)OCc1ccccc1)C(=C=O)c1ccc([N+](=O)[O-])c(C(=O)N(C)C)c1. The van der Waals surface area contributed by atoms with Gasteiger partial charge < -0.3 is 14.4 Å². The zero-order chi connectivity index (χ0) is 22.3. The highest BCUT2D eigenvalue weighted by Gasteiger charge is 2.29. The summed E-state index contributed by atoms with van der Waals surface area (Å²) in [5.74, 6) is 0.174. The van der Waals surface area contributed by atoms with Gasteiger partial charge in [-0.25, -0.2) is 9.59 Å². The predicted octanol–water partition coefficient (Wildman–Crippen LogP) is 2.27. The van der Waals surface area contributed by atoms with Crippen LogP contribution in [0.2, 0.25) is 0 Å². The summed E-state index contributed by atoms with van der Waals surface area (Å²) in [5.41, 5.74) is -0.0693. The van der Waals surface area contributed by atoms with Crippen molar-refractivity contribution < 1.29 is 28.8 Å². The molecule has 0 saturated carbocycles. The first-order valence-electron chi connectivity index (χ1n) is 8.79. The smallest absolute Gasteiger partial charge is 0.341 e. The van der Waals surface area contributed by atoms with E-state index in [0.29, 0.717) is 0 Å². The Kier molecular flexibility index (Phi) is 7.57. The second-order valence-electron chi connectivity index (χ2n) is 6.41. The fourth-order valence-electron chi connectivity index (χ4n) is 2.68. The molecule has 30 heavy (non-hydrogen) atoms. The Hall–Kier alpha value is -3.81. The second kappa shape index (κ2) is 10.1. The largest absolute Gasteiger partial charge is 0.459 e. The van der Waals surface area contributed by atoms with Crippen LogP contribution >= 0.6 is 0 Å². The lowest BCUT2D eigenvalue weighted by Crippen LogP contribution is -2.27. The molecule has 0 bridgehead atoms. The van der Waals surface area contributed by atoms with Gasteiger partial charge in [0.15, 0.2) is 6.10 Å². The molecule has 1 atom stereocenters. The third-order valence-corrected chi connectivity index (χ3v) is 4.19. The topological polar surface area (TPSA) is 116 Å². The third kappa shape index (κ3) is 5.16. The maximum atomic E-state index is 12.5. The predicted molar refractivity (Wildman–Crippen MR) is 107 cm³/mol. The van der Waals surface area contributed by atoms with E-state index in [4.69, 9.17) is 9.47 Å². The van der Waals surface area contributed by atoms with Crippen molar-refractivity contribution in [2.75, 3.05) is 21.2 Å². The van der Waals surface area contributed by atoms with Gasteiger partial charge in [0.2, 0.25) is 0 Å². The number of benzene rings is 2. The highest BCUT2D eigenvalue weighted by atomic mass is 16.6. The van der Waals surface area contributed by atoms with Gasteiger partial charge in [-0.3, -0.25) is 14.9 Å². The van der Waals surface area contributed by atoms with E-state index in [0.717, 1.165) is 17.7 Å². The summed E-state index contributed by atoms with van der Waals surface area (Å²) in [4.78, 5) is 48.2. The lowest BCUT2D eigenvalue weighted by atomic mass is 9.98. The Balaban J connectivity index is 2.35. The molecular formula is C21H20N2O7. The molecule has 0 aliphatic heterocycles. The molecule has 0 fully saturated rings. The number of amides is 1. The molecule has 0 aliphatic carbocycles. The molecule has 9 nitrogen and oxygen atoms in total. The van der Waals surface area contributed by atoms with Crippen molar-refractivity contribution in [2.24, 2.45) is 0 Å². The van der Waals surface area contributed by atoms with Gasteiger partial charge in [0, 0.05) is 27.3 Å². The summed E-state index contributed by atoms with van der Waals surface area (Å²) in [7, 11) is 4.09. The van der Waals surface area contributed by atoms with Crippen molar-refractivity contribution in [2.45, 2.75) is 12.7 Å². The lowest BCUT2D eigenvalue weighted by Gasteiger charge is -2.17. The van der Waals surface area contributed by atoms with Crippen LogP contribution in [0.1, 0.15) is 21.5 Å². The average molecular weight is 412 g/mol. The van der Waals surface area contributed by atoms with Crippen LogP contribution in [0.3, 0.4) is 0 Å². The first-order valence-corrected chi connectivity index (χ1v) is 8.79. The molecule has 2 aromatic rings. The Morgan fingerprint density at radius 2 is 1.83 bits per heavy atom. The van der Waals surface area contributed by atoms with E-state index in [2.05, 4.69) is 0 Å². The van der Waals surface area contributed by atoms with Gasteiger partial charge in [-0.1, -0.05) is 30.3 Å². The molecule has 0 aromatic heterocycles. The summed E-state index contributed by atoms with van der Waals surface area (Å²) < 4.78 is 10.3. The second-order valence-corrected chi connectivity index (χ2v) is 6.41. The highest BCUT2D eigenvalue weighted by Crippen LogP contribution is 2.27. The Bertz CT molecular complexity index is 996. The molecule has 156 valence electrons. The van der Waals surface area contributed by atoms with Crippen molar-refractivity contribution >= 4 is 29.1 Å². The number of hydrogen-bond acceptors (Lipinski definition) is 7. The number of methoxy groups -OCH3 is 1. The number of carbonyl (C=O) groups excluding carboxylic acids is 3. The summed E-state index contributed by atoms with van der Waals surface area (Å²) in [6.07, 6.45) is -1.42. The summed E-state index contributed by atoms with van der Waals surface area (Å²) in [6, 6.07) is 12.4. The fraction of sp³-hybridized carbons (Fsp3) is 0.238. The molecule has 2 aromatic carbocycles. The van der Waals surface area contributed by atoms with Gasteiger partial charge in [-0.2, -0.15) is 0 Å². The van der Waals surface area contributed by atoms with Gasteiger partial charge in [-0.15, -0.1) is 0 Å². The number of esters is 1. The van der Waals surface area contributed by atoms with Crippen molar-refractivity contribution in [3.63, 3.8) is 0 Å². The van der Waals surface area contributed by atoms with Crippen LogP contribution in [0.4, 0.5) is 5.69 Å². The standard InChI is InChI=1S/C21H20N2O7/c1-22(2)20(25)16-11-15(9-10-18(16)23(27)28)17(12-24)19(29-3)21(26)30-13-14-7-5-4-6-8-14/h4-11,19H,13H2,1-3H3. The van der Waals surface area contributed by atoms with Gasteiger partial charge in [0.25, 0.3) is 11.6 Å². The van der Waals surface area contributed by atoms with Crippen LogP contribution in [0.5, 0.6) is 0 Å². The normalized spacial score (nSPS) is 11.2. The number of nitro benzene ring substituents is 1. The maximum Gasteiger partial charge on any atom is 0.341 e. The molecule has 0 spiro atoms. The molecule has 0 aliphatic rings. The van der Waals surface area contributed by atoms with Crippen LogP contribution in [-0.4, -0.2) is 55.0 Å². The van der Waals surface area contributed by atoms with E-state index < -0.39 is 28.6 Å². The van der Waals surface area contributed by atoms with Gasteiger partial charge >= 0.3 is 5.97 Å². The Morgan fingerprint density at radius 1 is 1.17 bits per heavy atom. The molecule has 0 radical (unpaired) electrons. The third-order valence-electron chi connectivity index (χ3n) is 4.19. The van der Waals surface area contributed by atoms with Gasteiger partial charge in [-0.05, 0) is 23.3 Å². The van der Waals surface area contributed by atoms with Crippen LogP contribution < -0.4 is 0 Å². The molecule has 1 unspecified atom stereocenters. The minimum atomic E-state index is -1.42. The van der Waals surface area contributed by atoms with Crippen LogP contribution in [0.25, 0.3) is 5.57 Å². The monoisotopic (exact) mass is 412 g/mol. The zero-order valence-electron chi connectivity index (χ0n) is 16.7. The molecule has 9 heteroatoms. The van der Waals surface area contributed by atoms with Crippen LogP contribution in [0, 0.1) is 10.1 Å². The van der Waals surface area contributed by atoms with Crippen molar-refractivity contribution in [3.8, 4) is 0 Å². The molecule has 0 N–H and O–H groups in total. The fourth-order valence-corrected chi connectivity index (χ4v) is 2.68. The molecule has 2 rings (SSSR count). The van der Waals surface area contributed by atoms with E-state index in [1.807, 2.05) is 6.07 Å². The average Bonchev–Trinajstić information content (AvgIpc) is 2.75. The number of nitro groups is 1. The van der Waals surface area contributed by atoms with E-state index in [1.165, 1.54) is 32.2 Å². The minimum Gasteiger partial charge on any atom is -0.459 e. The first-order chi connectivity index (χ1) is 14.3. The van der Waals surface area contributed by atoms with Crippen molar-refractivity contribution in [1.29, 1.82) is 0 Å². The molecule has 0 saturated heterocycles. The van der Waals surface area contributed by atoms with Gasteiger partial charge in [0.05, 0.1) is 10.5 Å². The van der Waals surface area contributed by atoms with Crippen LogP contribution in [-0.2, 0) is 25.7 Å². The molecule has 0 heterocycles. The van der Waals surface area contributed by atoms with Crippen molar-refractivity contribution in [1.82, 2.24) is 4.90 Å². The Labute approximate surface area is 172 Å². The van der Waals surface area contributed by atoms with Crippen LogP contribution in [0.15, 0.2) is 48.5 Å². The zero-order valence-corrected chi connectivity index (χ0v) is 16.7. The maximum absolute atomic E-state index is 12.5.